The number of aryl methyl sites for hydroxylation is 1. The second kappa shape index (κ2) is 13.6. The first kappa shape index (κ1) is 33.1. The summed E-state index contributed by atoms with van der Waals surface area (Å²) < 4.78 is 41.1. The highest BCUT2D eigenvalue weighted by atomic mass is 19.1. The third-order valence-electron chi connectivity index (χ3n) is 8.49. The zero-order valence-electron chi connectivity index (χ0n) is 27.4. The van der Waals surface area contributed by atoms with Gasteiger partial charge in [0, 0.05) is 37.0 Å². The number of carbonyl (C=O) groups is 1. The molecule has 11 heteroatoms. The Morgan fingerprint density at radius 2 is 1.98 bits per heavy atom. The maximum Gasteiger partial charge on any atom is 0.337 e. The Morgan fingerprint density at radius 1 is 1.22 bits per heavy atom. The van der Waals surface area contributed by atoms with E-state index in [1.807, 2.05) is 33.8 Å². The standard InChI is InChI=1S/C34H47FN4O6/c1-7-9-26-10-8-17-43-34(6)13-15-38(16-14-34)31-29(30(32(40)41)45-33(3,4)5)22(2)36-28-19-25(37-39(28)31)21-42-20-23-18-24(35)11-12-27(23)44-26/h11-12,18-19,26,30H,7-10,13-17,20-21H2,1-6H3,(H,40,41)/t26?,30-/m0/s1. The minimum absolute atomic E-state index is 0.0135. The lowest BCUT2D eigenvalue weighted by molar-refractivity contribution is -0.160. The molecule has 1 saturated heterocycles. The number of anilines is 1. The fraction of sp³-hybridized carbons (Fsp3) is 0.618. The summed E-state index contributed by atoms with van der Waals surface area (Å²) in [5.74, 6) is -0.169. The van der Waals surface area contributed by atoms with Crippen molar-refractivity contribution in [2.75, 3.05) is 24.6 Å². The molecule has 1 unspecified atom stereocenters. The van der Waals surface area contributed by atoms with Crippen LogP contribution in [-0.2, 0) is 32.2 Å². The van der Waals surface area contributed by atoms with Crippen LogP contribution in [0.5, 0.6) is 5.75 Å². The minimum atomic E-state index is -1.24. The molecule has 10 nitrogen and oxygen atoms in total. The van der Waals surface area contributed by atoms with Crippen LogP contribution in [0, 0.1) is 12.7 Å². The van der Waals surface area contributed by atoms with E-state index in [4.69, 9.17) is 29.0 Å². The van der Waals surface area contributed by atoms with E-state index in [0.29, 0.717) is 59.4 Å². The molecule has 0 saturated carbocycles. The highest BCUT2D eigenvalue weighted by molar-refractivity contribution is 5.78. The summed E-state index contributed by atoms with van der Waals surface area (Å²) in [5, 5.41) is 15.2. The first-order valence-corrected chi connectivity index (χ1v) is 16.1. The van der Waals surface area contributed by atoms with Crippen LogP contribution in [0.4, 0.5) is 10.2 Å². The molecular weight excluding hydrogens is 579 g/mol. The Hall–Kier alpha value is -3.28. The van der Waals surface area contributed by atoms with Gasteiger partial charge in [0.1, 0.15) is 17.4 Å². The van der Waals surface area contributed by atoms with E-state index < -0.39 is 17.7 Å². The van der Waals surface area contributed by atoms with Crippen LogP contribution in [0.2, 0.25) is 0 Å². The molecule has 0 spiro atoms. The number of aromatic nitrogens is 3. The number of hydrogen-bond donors (Lipinski definition) is 1. The minimum Gasteiger partial charge on any atom is -0.490 e. The fourth-order valence-electron chi connectivity index (χ4n) is 6.20. The number of rotatable bonds is 5. The Balaban J connectivity index is 1.56. The summed E-state index contributed by atoms with van der Waals surface area (Å²) in [5.41, 5.74) is 1.86. The van der Waals surface area contributed by atoms with E-state index in [1.165, 1.54) is 12.1 Å². The molecule has 45 heavy (non-hydrogen) atoms. The van der Waals surface area contributed by atoms with Gasteiger partial charge in [-0.15, -0.1) is 0 Å². The molecule has 3 aliphatic heterocycles. The van der Waals surface area contributed by atoms with Gasteiger partial charge in [0.25, 0.3) is 0 Å². The number of nitrogens with zero attached hydrogens (tertiary/aromatic N) is 4. The highest BCUT2D eigenvalue weighted by Gasteiger charge is 2.38. The molecule has 5 heterocycles. The number of aliphatic carboxylic acids is 1. The Bertz CT molecular complexity index is 1490. The molecule has 6 rings (SSSR count). The number of hydrogen-bond acceptors (Lipinski definition) is 8. The van der Waals surface area contributed by atoms with Crippen LogP contribution in [-0.4, -0.2) is 62.7 Å². The van der Waals surface area contributed by atoms with Gasteiger partial charge in [-0.25, -0.2) is 14.2 Å². The van der Waals surface area contributed by atoms with E-state index >= 15 is 0 Å². The SMILES string of the molecule is CCCC1CCCOC2(C)CCN(CC2)c2c([C@H](OC(C)(C)C)C(=O)O)c(C)nc3cc(nn23)COCc2cc(F)ccc2O1. The molecule has 2 atom stereocenters. The van der Waals surface area contributed by atoms with Gasteiger partial charge in [0.15, 0.2) is 11.8 Å². The van der Waals surface area contributed by atoms with Crippen molar-refractivity contribution < 1.29 is 33.2 Å². The number of carboxylic acids is 1. The van der Waals surface area contributed by atoms with Gasteiger partial charge in [-0.2, -0.15) is 9.61 Å². The number of fused-ring (bicyclic) bond motifs is 9. The van der Waals surface area contributed by atoms with E-state index in [-0.39, 0.29) is 30.7 Å². The highest BCUT2D eigenvalue weighted by Crippen LogP contribution is 2.38. The van der Waals surface area contributed by atoms with Gasteiger partial charge in [0.05, 0.1) is 41.8 Å². The molecule has 2 aromatic heterocycles. The van der Waals surface area contributed by atoms with E-state index in [2.05, 4.69) is 18.7 Å². The number of carboxylic acid groups (broad SMARTS) is 1. The zero-order valence-corrected chi connectivity index (χ0v) is 27.4. The lowest BCUT2D eigenvalue weighted by atomic mass is 9.92. The van der Waals surface area contributed by atoms with Crippen LogP contribution >= 0.6 is 0 Å². The van der Waals surface area contributed by atoms with Crippen molar-refractivity contribution in [2.24, 2.45) is 0 Å². The number of benzene rings is 1. The fourth-order valence-corrected chi connectivity index (χ4v) is 6.20. The van der Waals surface area contributed by atoms with Crippen molar-refractivity contribution in [3.05, 3.63) is 52.6 Å². The van der Waals surface area contributed by atoms with Crippen molar-refractivity contribution in [3.8, 4) is 5.75 Å². The zero-order chi connectivity index (χ0) is 32.4. The first-order chi connectivity index (χ1) is 21.4. The van der Waals surface area contributed by atoms with E-state index in [1.54, 1.807) is 10.6 Å². The molecular formula is C34H47FN4O6. The number of halogens is 1. The van der Waals surface area contributed by atoms with Crippen LogP contribution in [0.1, 0.15) is 102 Å². The number of piperidine rings is 1. The maximum atomic E-state index is 14.3. The second-order valence-corrected chi connectivity index (χ2v) is 13.5. The van der Waals surface area contributed by atoms with Crippen LogP contribution in [0.25, 0.3) is 5.65 Å². The third kappa shape index (κ3) is 7.93. The van der Waals surface area contributed by atoms with Gasteiger partial charge in [0.2, 0.25) is 0 Å². The normalized spacial score (nSPS) is 22.4. The van der Waals surface area contributed by atoms with E-state index in [0.717, 1.165) is 38.5 Å². The average Bonchev–Trinajstić information content (AvgIpc) is 3.36. The predicted octanol–water partition coefficient (Wildman–Crippen LogP) is 6.55. The van der Waals surface area contributed by atoms with Gasteiger partial charge in [-0.05, 0) is 84.9 Å². The summed E-state index contributed by atoms with van der Waals surface area (Å²) in [7, 11) is 0. The summed E-state index contributed by atoms with van der Waals surface area (Å²) in [6, 6.07) is 6.39. The summed E-state index contributed by atoms with van der Waals surface area (Å²) in [4.78, 5) is 19.6. The second-order valence-electron chi connectivity index (χ2n) is 13.5. The summed E-state index contributed by atoms with van der Waals surface area (Å²) in [6.45, 7) is 13.8. The van der Waals surface area contributed by atoms with Crippen LogP contribution in [0.3, 0.4) is 0 Å². The Morgan fingerprint density at radius 3 is 2.67 bits per heavy atom. The van der Waals surface area contributed by atoms with Crippen molar-refractivity contribution in [3.63, 3.8) is 0 Å². The molecule has 0 amide bonds. The molecule has 3 aliphatic rings. The predicted molar refractivity (Wildman–Crippen MR) is 168 cm³/mol. The Kier molecular flexibility index (Phi) is 10.0. The van der Waals surface area contributed by atoms with E-state index in [9.17, 15) is 14.3 Å². The number of ether oxygens (including phenoxy) is 4. The largest absolute Gasteiger partial charge is 0.490 e. The van der Waals surface area contributed by atoms with Crippen molar-refractivity contribution in [1.29, 1.82) is 0 Å². The molecule has 4 bridgehead atoms. The van der Waals surface area contributed by atoms with Gasteiger partial charge in [-0.1, -0.05) is 13.3 Å². The maximum absolute atomic E-state index is 14.3. The summed E-state index contributed by atoms with van der Waals surface area (Å²) in [6.07, 6.45) is 3.79. The van der Waals surface area contributed by atoms with Gasteiger partial charge >= 0.3 is 5.97 Å². The summed E-state index contributed by atoms with van der Waals surface area (Å²) >= 11 is 0. The average molecular weight is 627 g/mol. The molecule has 1 N–H and O–H groups in total. The van der Waals surface area contributed by atoms with Crippen LogP contribution < -0.4 is 9.64 Å². The van der Waals surface area contributed by atoms with Crippen LogP contribution in [0.15, 0.2) is 24.3 Å². The molecule has 1 fully saturated rings. The molecule has 0 radical (unpaired) electrons. The quantitative estimate of drug-likeness (QED) is 0.337. The van der Waals surface area contributed by atoms with Gasteiger partial charge in [-0.3, -0.25) is 0 Å². The lowest BCUT2D eigenvalue weighted by Gasteiger charge is -2.41. The molecule has 1 aromatic carbocycles. The van der Waals surface area contributed by atoms with Crippen molar-refractivity contribution >= 4 is 17.4 Å². The molecule has 246 valence electrons. The Labute approximate surface area is 264 Å². The molecule has 3 aromatic rings. The monoisotopic (exact) mass is 626 g/mol. The van der Waals surface area contributed by atoms with Gasteiger partial charge < -0.3 is 29.0 Å². The third-order valence-corrected chi connectivity index (χ3v) is 8.49. The smallest absolute Gasteiger partial charge is 0.337 e. The van der Waals surface area contributed by atoms with Crippen molar-refractivity contribution in [2.45, 2.75) is 117 Å². The lowest BCUT2D eigenvalue weighted by Crippen LogP contribution is -2.46. The topological polar surface area (TPSA) is 108 Å². The van der Waals surface area contributed by atoms with Crippen molar-refractivity contribution in [1.82, 2.24) is 14.6 Å². The molecule has 0 aliphatic carbocycles. The first-order valence-electron chi connectivity index (χ1n) is 16.1.